The number of hydrogen-bond donors (Lipinski definition) is 1. The number of nitrogens with zero attached hydrogens (tertiary/aromatic N) is 4. The average Bonchev–Trinajstić information content (AvgIpc) is 3.29. The predicted octanol–water partition coefficient (Wildman–Crippen LogP) is 4.34. The molecule has 3 aliphatic heterocycles. The highest BCUT2D eigenvalue weighted by molar-refractivity contribution is 6.23. The van der Waals surface area contributed by atoms with Crippen LogP contribution in [0.25, 0.3) is 0 Å². The summed E-state index contributed by atoms with van der Waals surface area (Å²) in [5, 5.41) is 3.41. The van der Waals surface area contributed by atoms with Crippen molar-refractivity contribution in [2.45, 2.75) is 57.7 Å². The molecular weight excluding hydrogens is 490 g/mol. The summed E-state index contributed by atoms with van der Waals surface area (Å²) in [6, 6.07) is 16.6. The molecule has 0 radical (unpaired) electrons. The molecular formula is C31H33N5O3. The fourth-order valence-electron chi connectivity index (χ4n) is 6.10. The van der Waals surface area contributed by atoms with Crippen LogP contribution in [-0.2, 0) is 28.0 Å². The van der Waals surface area contributed by atoms with Crippen molar-refractivity contribution in [3.8, 4) is 0 Å². The molecule has 8 heteroatoms. The standard InChI is InChI=1S/C31H33N5O3/c1-30(2)19-34(27(37)26-23-8-6-5-7-21(23)13-16-33-26)25-17-22(9-10-24(25)30)36-28(38)31(3,4)35(29(36)39)18-20-11-14-32-15-12-20/h5-12,14-15,17,26,33H,13,16,18-19H2,1-4H3/t26-/m0/s1. The zero-order valence-electron chi connectivity index (χ0n) is 22.8. The molecule has 1 fully saturated rings. The van der Waals surface area contributed by atoms with Gasteiger partial charge < -0.3 is 15.1 Å². The van der Waals surface area contributed by atoms with Crippen LogP contribution in [0.3, 0.4) is 0 Å². The minimum atomic E-state index is -1.02. The monoisotopic (exact) mass is 523 g/mol. The number of nitrogens with one attached hydrogen (secondary N) is 1. The SMILES string of the molecule is CC1(C)CN(C(=O)[C@H]2NCCc3ccccc32)c2cc(N3C(=O)N(Cc4ccncc4)C(C)(C)C3=O)ccc21. The number of carbonyl (C=O) groups excluding carboxylic acids is 3. The van der Waals surface area contributed by atoms with Gasteiger partial charge in [0.15, 0.2) is 0 Å². The first-order valence-corrected chi connectivity index (χ1v) is 13.4. The molecule has 4 heterocycles. The zero-order chi connectivity index (χ0) is 27.5. The van der Waals surface area contributed by atoms with Gasteiger partial charge in [0, 0.05) is 43.1 Å². The van der Waals surface area contributed by atoms with Crippen LogP contribution in [0.5, 0.6) is 0 Å². The Kier molecular flexibility index (Phi) is 5.84. The molecule has 8 nitrogen and oxygen atoms in total. The van der Waals surface area contributed by atoms with Gasteiger partial charge in [-0.15, -0.1) is 0 Å². The van der Waals surface area contributed by atoms with E-state index >= 15 is 0 Å². The number of hydrogen-bond acceptors (Lipinski definition) is 5. The summed E-state index contributed by atoms with van der Waals surface area (Å²) in [5.74, 6) is -0.315. The minimum Gasteiger partial charge on any atom is -0.310 e. The van der Waals surface area contributed by atoms with Crippen molar-refractivity contribution in [1.82, 2.24) is 15.2 Å². The van der Waals surface area contributed by atoms with E-state index in [9.17, 15) is 14.4 Å². The molecule has 0 unspecified atom stereocenters. The number of benzene rings is 2. The highest BCUT2D eigenvalue weighted by Crippen LogP contribution is 2.45. The Morgan fingerprint density at radius 3 is 2.54 bits per heavy atom. The van der Waals surface area contributed by atoms with Gasteiger partial charge in [-0.05, 0) is 66.8 Å². The number of aromatic nitrogens is 1. The number of urea groups is 1. The molecule has 2 aromatic carbocycles. The summed E-state index contributed by atoms with van der Waals surface area (Å²) in [6.07, 6.45) is 4.24. The lowest BCUT2D eigenvalue weighted by molar-refractivity contribution is -0.123. The number of fused-ring (bicyclic) bond motifs is 2. The quantitative estimate of drug-likeness (QED) is 0.514. The topological polar surface area (TPSA) is 85.8 Å². The van der Waals surface area contributed by atoms with Gasteiger partial charge in [0.2, 0.25) is 5.91 Å². The summed E-state index contributed by atoms with van der Waals surface area (Å²) in [6.45, 7) is 9.33. The van der Waals surface area contributed by atoms with E-state index in [2.05, 4.69) is 30.2 Å². The van der Waals surface area contributed by atoms with Crippen molar-refractivity contribution in [3.05, 3.63) is 89.2 Å². The molecule has 4 amide bonds. The molecule has 1 N–H and O–H groups in total. The second kappa shape index (κ2) is 9.02. The lowest BCUT2D eigenvalue weighted by Gasteiger charge is -2.30. The summed E-state index contributed by atoms with van der Waals surface area (Å²) in [7, 11) is 0. The highest BCUT2D eigenvalue weighted by Gasteiger charge is 2.52. The van der Waals surface area contributed by atoms with Crippen LogP contribution in [0.4, 0.5) is 16.2 Å². The van der Waals surface area contributed by atoms with E-state index < -0.39 is 11.6 Å². The third kappa shape index (κ3) is 4.01. The third-order valence-electron chi connectivity index (χ3n) is 8.35. The fraction of sp³-hybridized carbons (Fsp3) is 0.355. The van der Waals surface area contributed by atoms with Gasteiger partial charge in [-0.25, -0.2) is 9.69 Å². The van der Waals surface area contributed by atoms with E-state index in [0.29, 0.717) is 18.8 Å². The van der Waals surface area contributed by atoms with Gasteiger partial charge in [-0.2, -0.15) is 0 Å². The van der Waals surface area contributed by atoms with Gasteiger partial charge in [-0.3, -0.25) is 14.6 Å². The maximum Gasteiger partial charge on any atom is 0.332 e. The molecule has 0 saturated carbocycles. The number of carbonyl (C=O) groups is 3. The molecule has 1 saturated heterocycles. The Balaban J connectivity index is 1.35. The molecule has 6 rings (SSSR count). The zero-order valence-corrected chi connectivity index (χ0v) is 22.8. The van der Waals surface area contributed by atoms with E-state index in [4.69, 9.17) is 0 Å². The van der Waals surface area contributed by atoms with Crippen molar-refractivity contribution in [3.63, 3.8) is 0 Å². The maximum atomic E-state index is 14.0. The average molecular weight is 524 g/mol. The van der Waals surface area contributed by atoms with Crippen LogP contribution < -0.4 is 15.1 Å². The van der Waals surface area contributed by atoms with Gasteiger partial charge in [0.25, 0.3) is 5.91 Å². The smallest absolute Gasteiger partial charge is 0.310 e. The van der Waals surface area contributed by atoms with E-state index in [0.717, 1.165) is 35.3 Å². The van der Waals surface area contributed by atoms with Crippen LogP contribution in [0.15, 0.2) is 67.0 Å². The van der Waals surface area contributed by atoms with Crippen LogP contribution >= 0.6 is 0 Å². The molecule has 39 heavy (non-hydrogen) atoms. The number of pyridine rings is 1. The Hall–Kier alpha value is -4.04. The lowest BCUT2D eigenvalue weighted by Crippen LogP contribution is -2.44. The summed E-state index contributed by atoms with van der Waals surface area (Å²) in [5.41, 5.74) is 4.04. The van der Waals surface area contributed by atoms with Crippen LogP contribution in [0, 0.1) is 0 Å². The van der Waals surface area contributed by atoms with E-state index in [1.807, 2.05) is 53.4 Å². The summed E-state index contributed by atoms with van der Waals surface area (Å²) < 4.78 is 0. The molecule has 0 spiro atoms. The minimum absolute atomic E-state index is 0.0233. The normalized spacial score (nSPS) is 21.2. The Morgan fingerprint density at radius 2 is 1.77 bits per heavy atom. The second-order valence-corrected chi connectivity index (χ2v) is 11.8. The van der Waals surface area contributed by atoms with Crippen molar-refractivity contribution in [1.29, 1.82) is 0 Å². The Bertz CT molecular complexity index is 1480. The fourth-order valence-corrected chi connectivity index (χ4v) is 6.10. The van der Waals surface area contributed by atoms with Crippen LogP contribution in [-0.4, -0.2) is 46.4 Å². The van der Waals surface area contributed by atoms with Gasteiger partial charge in [-0.1, -0.05) is 44.2 Å². The van der Waals surface area contributed by atoms with Crippen molar-refractivity contribution in [2.24, 2.45) is 0 Å². The molecule has 0 bridgehead atoms. The number of imide groups is 1. The van der Waals surface area contributed by atoms with E-state index in [1.54, 1.807) is 31.1 Å². The van der Waals surface area contributed by atoms with Crippen LogP contribution in [0.1, 0.15) is 56.0 Å². The number of rotatable bonds is 4. The number of amides is 4. The lowest BCUT2D eigenvalue weighted by atomic mass is 9.87. The third-order valence-corrected chi connectivity index (χ3v) is 8.35. The van der Waals surface area contributed by atoms with E-state index in [-0.39, 0.29) is 23.3 Å². The van der Waals surface area contributed by atoms with Gasteiger partial charge >= 0.3 is 6.03 Å². The van der Waals surface area contributed by atoms with E-state index in [1.165, 1.54) is 10.5 Å². The van der Waals surface area contributed by atoms with Crippen molar-refractivity contribution < 1.29 is 14.4 Å². The maximum absolute atomic E-state index is 14.0. The molecule has 1 atom stereocenters. The van der Waals surface area contributed by atoms with Gasteiger partial charge in [0.1, 0.15) is 11.6 Å². The van der Waals surface area contributed by atoms with Crippen LogP contribution in [0.2, 0.25) is 0 Å². The van der Waals surface area contributed by atoms with Crippen molar-refractivity contribution in [2.75, 3.05) is 22.9 Å². The Morgan fingerprint density at radius 1 is 1.03 bits per heavy atom. The first-order valence-electron chi connectivity index (χ1n) is 13.4. The summed E-state index contributed by atoms with van der Waals surface area (Å²) >= 11 is 0. The molecule has 3 aromatic rings. The highest BCUT2D eigenvalue weighted by atomic mass is 16.2. The first kappa shape index (κ1) is 25.2. The van der Waals surface area contributed by atoms with Gasteiger partial charge in [0.05, 0.1) is 5.69 Å². The predicted molar refractivity (Wildman–Crippen MR) is 149 cm³/mol. The second-order valence-electron chi connectivity index (χ2n) is 11.8. The Labute approximate surface area is 228 Å². The summed E-state index contributed by atoms with van der Waals surface area (Å²) in [4.78, 5) is 50.1. The number of anilines is 2. The molecule has 1 aromatic heterocycles. The molecule has 0 aliphatic carbocycles. The first-order chi connectivity index (χ1) is 18.6. The molecule has 200 valence electrons. The largest absolute Gasteiger partial charge is 0.332 e. The van der Waals surface area contributed by atoms with Crippen molar-refractivity contribution >= 4 is 29.2 Å². The molecule has 3 aliphatic rings.